The molecule has 0 radical (unpaired) electrons. The number of rotatable bonds is 5. The Hall–Kier alpha value is -2.04. The molecule has 0 aliphatic heterocycles. The normalized spacial score (nSPS) is 18.7. The Bertz CT molecular complexity index is 469. The summed E-state index contributed by atoms with van der Waals surface area (Å²) in [5.74, 6) is -0.493. The van der Waals surface area contributed by atoms with E-state index in [-0.39, 0.29) is 17.8 Å². The molecule has 2 unspecified atom stereocenters. The van der Waals surface area contributed by atoms with E-state index in [2.05, 4.69) is 10.5 Å². The van der Waals surface area contributed by atoms with E-state index in [9.17, 15) is 4.79 Å². The molecular formula is C14H19N3O2. The van der Waals surface area contributed by atoms with Crippen LogP contribution >= 0.6 is 0 Å². The topological polar surface area (TPSA) is 87.7 Å². The highest BCUT2D eigenvalue weighted by atomic mass is 16.4. The smallest absolute Gasteiger partial charge is 0.235 e. The van der Waals surface area contributed by atoms with Gasteiger partial charge in [-0.1, -0.05) is 35.5 Å². The van der Waals surface area contributed by atoms with Crippen LogP contribution in [0, 0.1) is 5.92 Å². The largest absolute Gasteiger partial charge is 0.409 e. The summed E-state index contributed by atoms with van der Waals surface area (Å²) in [6, 6.07) is 9.23. The van der Waals surface area contributed by atoms with Crippen LogP contribution in [0.1, 0.15) is 31.2 Å². The van der Waals surface area contributed by atoms with Crippen molar-refractivity contribution in [3.05, 3.63) is 35.9 Å². The highest BCUT2D eigenvalue weighted by molar-refractivity contribution is 6.07. The maximum absolute atomic E-state index is 12.3. The molecule has 1 fully saturated rings. The summed E-state index contributed by atoms with van der Waals surface area (Å²) in [4.78, 5) is 12.3. The first-order valence-corrected chi connectivity index (χ1v) is 6.46. The summed E-state index contributed by atoms with van der Waals surface area (Å²) >= 11 is 0. The van der Waals surface area contributed by atoms with Gasteiger partial charge in [0.2, 0.25) is 5.91 Å². The molecule has 102 valence electrons. The van der Waals surface area contributed by atoms with Crippen LogP contribution in [-0.4, -0.2) is 23.0 Å². The van der Waals surface area contributed by atoms with Gasteiger partial charge in [0.1, 0.15) is 5.92 Å². The fraction of sp³-hybridized carbons (Fsp3) is 0.429. The van der Waals surface area contributed by atoms with Crippen LogP contribution in [0.2, 0.25) is 0 Å². The number of benzene rings is 1. The lowest BCUT2D eigenvalue weighted by atomic mass is 9.96. The van der Waals surface area contributed by atoms with Gasteiger partial charge in [0.25, 0.3) is 0 Å². The van der Waals surface area contributed by atoms with Gasteiger partial charge in [0, 0.05) is 6.04 Å². The lowest BCUT2D eigenvalue weighted by molar-refractivity contribution is -0.121. The molecule has 0 saturated heterocycles. The predicted molar refractivity (Wildman–Crippen MR) is 72.9 cm³/mol. The van der Waals surface area contributed by atoms with Crippen LogP contribution in [0.3, 0.4) is 0 Å². The Morgan fingerprint density at radius 3 is 2.58 bits per heavy atom. The highest BCUT2D eigenvalue weighted by Gasteiger charge is 2.32. The van der Waals surface area contributed by atoms with Gasteiger partial charge in [0.05, 0.1) is 0 Å². The zero-order chi connectivity index (χ0) is 13.8. The van der Waals surface area contributed by atoms with Crippen molar-refractivity contribution < 1.29 is 10.0 Å². The van der Waals surface area contributed by atoms with Crippen molar-refractivity contribution in [2.45, 2.75) is 31.7 Å². The maximum atomic E-state index is 12.3. The van der Waals surface area contributed by atoms with Crippen LogP contribution in [0.5, 0.6) is 0 Å². The molecule has 4 N–H and O–H groups in total. The molecule has 1 aromatic rings. The molecule has 0 aromatic heterocycles. The van der Waals surface area contributed by atoms with Gasteiger partial charge < -0.3 is 16.3 Å². The fourth-order valence-corrected chi connectivity index (χ4v) is 2.18. The number of hydrogen-bond acceptors (Lipinski definition) is 3. The summed E-state index contributed by atoms with van der Waals surface area (Å²) < 4.78 is 0. The van der Waals surface area contributed by atoms with E-state index < -0.39 is 5.92 Å². The number of nitrogens with two attached hydrogens (primary N) is 1. The van der Waals surface area contributed by atoms with E-state index in [1.165, 1.54) is 0 Å². The number of hydrogen-bond donors (Lipinski definition) is 3. The highest BCUT2D eigenvalue weighted by Crippen LogP contribution is 2.32. The second-order valence-corrected chi connectivity index (χ2v) is 5.00. The molecule has 1 aliphatic rings. The summed E-state index contributed by atoms with van der Waals surface area (Å²) in [6.45, 7) is 1.99. The van der Waals surface area contributed by atoms with Gasteiger partial charge in [0.15, 0.2) is 5.84 Å². The predicted octanol–water partition coefficient (Wildman–Crippen LogP) is 1.43. The standard InChI is InChI=1S/C14H19N3O2/c1-9(10-7-8-10)16-14(18)12(13(15)17-19)11-5-3-2-4-6-11/h2-6,9-10,12,19H,7-8H2,1H3,(H2,15,17)(H,16,18). The summed E-state index contributed by atoms with van der Waals surface area (Å²) in [5.41, 5.74) is 6.38. The fourth-order valence-electron chi connectivity index (χ4n) is 2.18. The van der Waals surface area contributed by atoms with E-state index >= 15 is 0 Å². The van der Waals surface area contributed by atoms with Gasteiger partial charge in [-0.05, 0) is 31.2 Å². The Morgan fingerprint density at radius 2 is 2.05 bits per heavy atom. The van der Waals surface area contributed by atoms with E-state index in [1.54, 1.807) is 12.1 Å². The molecule has 0 heterocycles. The molecule has 1 saturated carbocycles. The number of oxime groups is 1. The first-order valence-electron chi connectivity index (χ1n) is 6.46. The van der Waals surface area contributed by atoms with Crippen molar-refractivity contribution in [3.8, 4) is 0 Å². The lowest BCUT2D eigenvalue weighted by Gasteiger charge is -2.19. The van der Waals surface area contributed by atoms with Gasteiger partial charge in [-0.15, -0.1) is 0 Å². The van der Waals surface area contributed by atoms with Gasteiger partial charge in [-0.3, -0.25) is 4.79 Å². The SMILES string of the molecule is CC(NC(=O)C(C(N)=NO)c1ccccc1)C1CC1. The van der Waals surface area contributed by atoms with Crippen molar-refractivity contribution in [3.63, 3.8) is 0 Å². The van der Waals surface area contributed by atoms with Crippen molar-refractivity contribution in [2.75, 3.05) is 0 Å². The molecule has 2 rings (SSSR count). The van der Waals surface area contributed by atoms with Crippen molar-refractivity contribution in [1.82, 2.24) is 5.32 Å². The van der Waals surface area contributed by atoms with Gasteiger partial charge in [-0.2, -0.15) is 0 Å². The first-order chi connectivity index (χ1) is 9.13. The van der Waals surface area contributed by atoms with E-state index in [0.717, 1.165) is 18.4 Å². The summed E-state index contributed by atoms with van der Waals surface area (Å²) in [7, 11) is 0. The number of amides is 1. The van der Waals surface area contributed by atoms with Crippen molar-refractivity contribution in [1.29, 1.82) is 0 Å². The zero-order valence-corrected chi connectivity index (χ0v) is 10.9. The van der Waals surface area contributed by atoms with Crippen molar-refractivity contribution >= 4 is 11.7 Å². The molecule has 1 amide bonds. The van der Waals surface area contributed by atoms with E-state index in [0.29, 0.717) is 5.92 Å². The zero-order valence-electron chi connectivity index (χ0n) is 10.9. The number of amidine groups is 1. The van der Waals surface area contributed by atoms with Gasteiger partial charge in [-0.25, -0.2) is 0 Å². The summed E-state index contributed by atoms with van der Waals surface area (Å²) in [5, 5.41) is 14.8. The summed E-state index contributed by atoms with van der Waals surface area (Å²) in [6.07, 6.45) is 2.31. The lowest BCUT2D eigenvalue weighted by Crippen LogP contribution is -2.42. The van der Waals surface area contributed by atoms with Crippen molar-refractivity contribution in [2.24, 2.45) is 16.8 Å². The molecule has 5 nitrogen and oxygen atoms in total. The van der Waals surface area contributed by atoms with E-state index in [4.69, 9.17) is 10.9 Å². The molecule has 0 bridgehead atoms. The van der Waals surface area contributed by atoms with Crippen LogP contribution < -0.4 is 11.1 Å². The Balaban J connectivity index is 2.15. The molecule has 1 aliphatic carbocycles. The molecular weight excluding hydrogens is 242 g/mol. The number of carbonyl (C=O) groups is 1. The average molecular weight is 261 g/mol. The Kier molecular flexibility index (Phi) is 4.04. The monoisotopic (exact) mass is 261 g/mol. The third-order valence-corrected chi connectivity index (χ3v) is 3.51. The third kappa shape index (κ3) is 3.24. The molecule has 1 aromatic carbocycles. The molecule has 19 heavy (non-hydrogen) atoms. The van der Waals surface area contributed by atoms with Crippen LogP contribution in [0.15, 0.2) is 35.5 Å². The second-order valence-electron chi connectivity index (χ2n) is 5.00. The maximum Gasteiger partial charge on any atom is 0.235 e. The number of nitrogens with zero attached hydrogens (tertiary/aromatic N) is 1. The van der Waals surface area contributed by atoms with Crippen LogP contribution in [0.25, 0.3) is 0 Å². The molecule has 5 heteroatoms. The minimum Gasteiger partial charge on any atom is -0.409 e. The van der Waals surface area contributed by atoms with E-state index in [1.807, 2.05) is 25.1 Å². The first kappa shape index (κ1) is 13.4. The quantitative estimate of drug-likeness (QED) is 0.324. The van der Waals surface area contributed by atoms with Gasteiger partial charge >= 0.3 is 0 Å². The molecule has 2 atom stereocenters. The Labute approximate surface area is 112 Å². The Morgan fingerprint density at radius 1 is 1.42 bits per heavy atom. The third-order valence-electron chi connectivity index (χ3n) is 3.51. The average Bonchev–Trinajstić information content (AvgIpc) is 3.24. The number of carbonyl (C=O) groups excluding carboxylic acids is 1. The minimum absolute atomic E-state index is 0.0910. The van der Waals surface area contributed by atoms with Crippen LogP contribution in [0.4, 0.5) is 0 Å². The van der Waals surface area contributed by atoms with Crippen LogP contribution in [-0.2, 0) is 4.79 Å². The molecule has 0 spiro atoms. The minimum atomic E-state index is -0.743. The second kappa shape index (κ2) is 5.73. The number of nitrogens with one attached hydrogen (secondary N) is 1.